The standard InChI is InChI=1S/C19H18BrN3O4S/c20-13-5-7-14(8-6-13)28-17-9-4-12(11-16(17)23(26)27)18(24)22-15-3-1-2-10-21-19(15)25/h4-9,11,15H,1-3,10H2,(H,21,25)(H,22,24). The number of benzene rings is 2. The molecular formula is C19H18BrN3O4S. The lowest BCUT2D eigenvalue weighted by Crippen LogP contribution is -2.45. The van der Waals surface area contributed by atoms with E-state index in [9.17, 15) is 19.7 Å². The van der Waals surface area contributed by atoms with Gasteiger partial charge in [0.2, 0.25) is 5.91 Å². The molecule has 7 nitrogen and oxygen atoms in total. The van der Waals surface area contributed by atoms with Gasteiger partial charge < -0.3 is 10.6 Å². The van der Waals surface area contributed by atoms with E-state index in [0.717, 1.165) is 22.2 Å². The molecule has 1 aliphatic rings. The molecule has 1 fully saturated rings. The van der Waals surface area contributed by atoms with Gasteiger partial charge in [0.05, 0.1) is 9.82 Å². The lowest BCUT2D eigenvalue weighted by Gasteiger charge is -2.15. The summed E-state index contributed by atoms with van der Waals surface area (Å²) in [4.78, 5) is 36.8. The van der Waals surface area contributed by atoms with Gasteiger partial charge in [-0.2, -0.15) is 0 Å². The average molecular weight is 464 g/mol. The normalized spacial score (nSPS) is 16.8. The fourth-order valence-electron chi connectivity index (χ4n) is 2.84. The van der Waals surface area contributed by atoms with Crippen LogP contribution < -0.4 is 10.6 Å². The largest absolute Gasteiger partial charge is 0.354 e. The maximum absolute atomic E-state index is 12.5. The molecule has 2 amide bonds. The van der Waals surface area contributed by atoms with Crippen LogP contribution in [-0.4, -0.2) is 29.3 Å². The number of hydrogen-bond acceptors (Lipinski definition) is 5. The van der Waals surface area contributed by atoms with Gasteiger partial charge in [0.15, 0.2) is 0 Å². The quantitative estimate of drug-likeness (QED) is 0.516. The second-order valence-electron chi connectivity index (χ2n) is 6.31. The summed E-state index contributed by atoms with van der Waals surface area (Å²) in [5.74, 6) is -0.715. The monoisotopic (exact) mass is 463 g/mol. The Morgan fingerprint density at radius 2 is 1.96 bits per heavy atom. The molecule has 2 N–H and O–H groups in total. The van der Waals surface area contributed by atoms with Crippen molar-refractivity contribution >= 4 is 45.2 Å². The Balaban J connectivity index is 1.79. The van der Waals surface area contributed by atoms with E-state index in [4.69, 9.17) is 0 Å². The van der Waals surface area contributed by atoms with Crippen LogP contribution in [-0.2, 0) is 4.79 Å². The number of hydrogen-bond donors (Lipinski definition) is 2. The minimum Gasteiger partial charge on any atom is -0.354 e. The van der Waals surface area contributed by atoms with Gasteiger partial charge in [-0.3, -0.25) is 19.7 Å². The molecule has 0 radical (unpaired) electrons. The van der Waals surface area contributed by atoms with E-state index in [1.54, 1.807) is 6.07 Å². The van der Waals surface area contributed by atoms with Crippen LogP contribution in [0.3, 0.4) is 0 Å². The lowest BCUT2D eigenvalue weighted by atomic mass is 10.1. The number of nitrogens with zero attached hydrogens (tertiary/aromatic N) is 1. The number of halogens is 1. The molecule has 1 atom stereocenters. The summed E-state index contributed by atoms with van der Waals surface area (Å²) in [6.45, 7) is 0.596. The van der Waals surface area contributed by atoms with Gasteiger partial charge in [0.25, 0.3) is 11.6 Å². The van der Waals surface area contributed by atoms with Crippen LogP contribution in [0.4, 0.5) is 5.69 Å². The molecular weight excluding hydrogens is 446 g/mol. The maximum atomic E-state index is 12.5. The van der Waals surface area contributed by atoms with Crippen molar-refractivity contribution in [3.63, 3.8) is 0 Å². The van der Waals surface area contributed by atoms with Crippen molar-refractivity contribution in [1.29, 1.82) is 0 Å². The van der Waals surface area contributed by atoms with Crippen molar-refractivity contribution in [3.05, 3.63) is 62.6 Å². The molecule has 9 heteroatoms. The molecule has 1 saturated heterocycles. The minimum absolute atomic E-state index is 0.147. The maximum Gasteiger partial charge on any atom is 0.284 e. The van der Waals surface area contributed by atoms with E-state index in [0.29, 0.717) is 17.9 Å². The Bertz CT molecular complexity index is 905. The Labute approximate surface area is 174 Å². The highest BCUT2D eigenvalue weighted by Gasteiger charge is 2.24. The van der Waals surface area contributed by atoms with Gasteiger partial charge in [-0.05, 0) is 55.7 Å². The minimum atomic E-state index is -0.620. The molecule has 0 bridgehead atoms. The summed E-state index contributed by atoms with van der Waals surface area (Å²) in [5, 5.41) is 17.0. The topological polar surface area (TPSA) is 101 Å². The molecule has 146 valence electrons. The first-order valence-corrected chi connectivity index (χ1v) is 10.4. The lowest BCUT2D eigenvalue weighted by molar-refractivity contribution is -0.387. The van der Waals surface area contributed by atoms with E-state index in [1.807, 2.05) is 24.3 Å². The third-order valence-electron chi connectivity index (χ3n) is 4.30. The zero-order chi connectivity index (χ0) is 20.1. The predicted molar refractivity (Wildman–Crippen MR) is 109 cm³/mol. The fourth-order valence-corrected chi connectivity index (χ4v) is 4.00. The highest BCUT2D eigenvalue weighted by Crippen LogP contribution is 2.35. The number of rotatable bonds is 5. The number of carbonyl (C=O) groups is 2. The van der Waals surface area contributed by atoms with Crippen molar-refractivity contribution in [2.75, 3.05) is 6.54 Å². The van der Waals surface area contributed by atoms with Crippen LogP contribution in [0, 0.1) is 10.1 Å². The van der Waals surface area contributed by atoms with E-state index >= 15 is 0 Å². The molecule has 0 aromatic heterocycles. The van der Waals surface area contributed by atoms with Crippen LogP contribution in [0.5, 0.6) is 0 Å². The zero-order valence-electron chi connectivity index (χ0n) is 14.8. The van der Waals surface area contributed by atoms with E-state index < -0.39 is 16.9 Å². The molecule has 1 heterocycles. The molecule has 0 saturated carbocycles. The molecule has 3 rings (SSSR count). The van der Waals surface area contributed by atoms with E-state index in [1.165, 1.54) is 23.9 Å². The Morgan fingerprint density at radius 1 is 1.21 bits per heavy atom. The van der Waals surface area contributed by atoms with Gasteiger partial charge in [0, 0.05) is 27.5 Å². The molecule has 28 heavy (non-hydrogen) atoms. The first-order chi connectivity index (χ1) is 13.4. The average Bonchev–Trinajstić information content (AvgIpc) is 2.88. The molecule has 1 unspecified atom stereocenters. The van der Waals surface area contributed by atoms with Crippen molar-refractivity contribution < 1.29 is 14.5 Å². The third-order valence-corrected chi connectivity index (χ3v) is 5.90. The van der Waals surface area contributed by atoms with Gasteiger partial charge in [-0.15, -0.1) is 0 Å². The van der Waals surface area contributed by atoms with Crippen LogP contribution in [0.25, 0.3) is 0 Å². The molecule has 0 spiro atoms. The Morgan fingerprint density at radius 3 is 2.68 bits per heavy atom. The van der Waals surface area contributed by atoms with Crippen LogP contribution in [0.2, 0.25) is 0 Å². The summed E-state index contributed by atoms with van der Waals surface area (Å²) in [6, 6.07) is 11.1. The Hall–Kier alpha value is -2.39. The highest BCUT2D eigenvalue weighted by molar-refractivity contribution is 9.10. The number of nitro benzene ring substituents is 1. The van der Waals surface area contributed by atoms with Crippen molar-refractivity contribution in [2.45, 2.75) is 35.1 Å². The van der Waals surface area contributed by atoms with Crippen LogP contribution in [0.15, 0.2) is 56.7 Å². The van der Waals surface area contributed by atoms with Gasteiger partial charge >= 0.3 is 0 Å². The summed E-state index contributed by atoms with van der Waals surface area (Å²) in [7, 11) is 0. The van der Waals surface area contributed by atoms with Gasteiger partial charge in [-0.1, -0.05) is 27.7 Å². The van der Waals surface area contributed by atoms with Crippen molar-refractivity contribution in [1.82, 2.24) is 10.6 Å². The SMILES string of the molecule is O=C(NC1CCCCNC1=O)c1ccc(Sc2ccc(Br)cc2)c([N+](=O)[O-])c1. The number of nitrogens with one attached hydrogen (secondary N) is 2. The Kier molecular flexibility index (Phi) is 6.69. The zero-order valence-corrected chi connectivity index (χ0v) is 17.2. The summed E-state index contributed by atoms with van der Waals surface area (Å²) >= 11 is 4.61. The molecule has 0 aliphatic carbocycles. The fraction of sp³-hybridized carbons (Fsp3) is 0.263. The number of amides is 2. The summed E-state index contributed by atoms with van der Waals surface area (Å²) < 4.78 is 0.918. The predicted octanol–water partition coefficient (Wildman–Crippen LogP) is 3.91. The van der Waals surface area contributed by atoms with E-state index in [2.05, 4.69) is 26.6 Å². The second kappa shape index (κ2) is 9.20. The summed E-state index contributed by atoms with van der Waals surface area (Å²) in [5.41, 5.74) is 0.00906. The van der Waals surface area contributed by atoms with Crippen LogP contribution in [0.1, 0.15) is 29.6 Å². The molecule has 1 aliphatic heterocycles. The summed E-state index contributed by atoms with van der Waals surface area (Å²) in [6.07, 6.45) is 2.25. The molecule has 2 aromatic rings. The highest BCUT2D eigenvalue weighted by atomic mass is 79.9. The first kappa shape index (κ1) is 20.3. The van der Waals surface area contributed by atoms with E-state index in [-0.39, 0.29) is 17.2 Å². The number of carbonyl (C=O) groups excluding carboxylic acids is 2. The van der Waals surface area contributed by atoms with Crippen molar-refractivity contribution in [3.8, 4) is 0 Å². The first-order valence-electron chi connectivity index (χ1n) is 8.74. The van der Waals surface area contributed by atoms with Gasteiger partial charge in [-0.25, -0.2) is 0 Å². The number of nitro groups is 1. The van der Waals surface area contributed by atoms with Crippen LogP contribution >= 0.6 is 27.7 Å². The second-order valence-corrected chi connectivity index (χ2v) is 8.34. The smallest absolute Gasteiger partial charge is 0.284 e. The third kappa shape index (κ3) is 5.11. The van der Waals surface area contributed by atoms with Crippen molar-refractivity contribution in [2.24, 2.45) is 0 Å². The van der Waals surface area contributed by atoms with Gasteiger partial charge in [0.1, 0.15) is 6.04 Å². The molecule has 2 aromatic carbocycles.